The molecule has 1 fully saturated rings. The Kier molecular flexibility index (Phi) is 3.88. The molecule has 1 aromatic rings. The van der Waals surface area contributed by atoms with Crippen LogP contribution < -0.4 is 0 Å². The zero-order chi connectivity index (χ0) is 12.4. The molecule has 17 heavy (non-hydrogen) atoms. The molecule has 0 amide bonds. The predicted molar refractivity (Wildman–Crippen MR) is 74.2 cm³/mol. The van der Waals surface area contributed by atoms with Crippen LogP contribution in [0.2, 0.25) is 0 Å². The van der Waals surface area contributed by atoms with Gasteiger partial charge in [-0.3, -0.25) is 4.90 Å². The molecule has 1 aromatic carbocycles. The van der Waals surface area contributed by atoms with Crippen molar-refractivity contribution in [3.05, 3.63) is 34.9 Å². The van der Waals surface area contributed by atoms with Gasteiger partial charge in [0.15, 0.2) is 0 Å². The number of likely N-dealkylation sites (tertiary alicyclic amines) is 1. The molecule has 0 spiro atoms. The van der Waals surface area contributed by atoms with E-state index in [1.54, 1.807) is 0 Å². The summed E-state index contributed by atoms with van der Waals surface area (Å²) >= 11 is 0. The zero-order valence-electron chi connectivity index (χ0n) is 11.7. The van der Waals surface area contributed by atoms with Gasteiger partial charge in [0.2, 0.25) is 0 Å². The summed E-state index contributed by atoms with van der Waals surface area (Å²) in [6.45, 7) is 12.9. The van der Waals surface area contributed by atoms with E-state index in [1.165, 1.54) is 29.8 Å². The van der Waals surface area contributed by atoms with Crippen LogP contribution in [0.3, 0.4) is 0 Å². The van der Waals surface area contributed by atoms with Crippen LogP contribution in [0.1, 0.15) is 37.5 Å². The van der Waals surface area contributed by atoms with E-state index in [2.05, 4.69) is 50.8 Å². The van der Waals surface area contributed by atoms with Gasteiger partial charge in [0, 0.05) is 19.6 Å². The third-order valence-corrected chi connectivity index (χ3v) is 4.27. The van der Waals surface area contributed by atoms with Gasteiger partial charge in [0.25, 0.3) is 0 Å². The van der Waals surface area contributed by atoms with Crippen LogP contribution in [0.5, 0.6) is 0 Å². The molecule has 0 N–H and O–H groups in total. The Balaban J connectivity index is 2.04. The monoisotopic (exact) mass is 231 g/mol. The van der Waals surface area contributed by atoms with Gasteiger partial charge in [-0.25, -0.2) is 0 Å². The molecule has 0 radical (unpaired) electrons. The fourth-order valence-corrected chi connectivity index (χ4v) is 2.77. The van der Waals surface area contributed by atoms with Crippen LogP contribution in [-0.2, 0) is 13.0 Å². The Morgan fingerprint density at radius 3 is 2.35 bits per heavy atom. The van der Waals surface area contributed by atoms with Crippen molar-refractivity contribution in [3.8, 4) is 0 Å². The summed E-state index contributed by atoms with van der Waals surface area (Å²) in [7, 11) is 0. The van der Waals surface area contributed by atoms with E-state index in [-0.39, 0.29) is 0 Å². The maximum Gasteiger partial charge on any atom is 0.0236 e. The molecule has 1 nitrogen and oxygen atoms in total. The Morgan fingerprint density at radius 1 is 1.18 bits per heavy atom. The minimum atomic E-state index is 0.852. The molecule has 1 aliphatic rings. The molecule has 0 saturated carbocycles. The third kappa shape index (κ3) is 2.90. The summed E-state index contributed by atoms with van der Waals surface area (Å²) in [6, 6.07) is 6.95. The smallest absolute Gasteiger partial charge is 0.0236 e. The Labute approximate surface area is 106 Å². The standard InChI is InChI=1S/C16H25N/c1-5-15-6-7-16(12(2)8-15)11-17-9-13(3)14(4)10-17/h6-8,13-14H,5,9-11H2,1-4H3/t13-,14+. The highest BCUT2D eigenvalue weighted by Crippen LogP contribution is 2.24. The van der Waals surface area contributed by atoms with Gasteiger partial charge in [-0.05, 0) is 41.9 Å². The summed E-state index contributed by atoms with van der Waals surface area (Å²) in [5.41, 5.74) is 4.41. The van der Waals surface area contributed by atoms with E-state index in [9.17, 15) is 0 Å². The van der Waals surface area contributed by atoms with Gasteiger partial charge >= 0.3 is 0 Å². The minimum absolute atomic E-state index is 0.852. The van der Waals surface area contributed by atoms with Crippen LogP contribution in [0.15, 0.2) is 18.2 Å². The third-order valence-electron chi connectivity index (χ3n) is 4.27. The quantitative estimate of drug-likeness (QED) is 0.767. The lowest BCUT2D eigenvalue weighted by Crippen LogP contribution is -2.20. The van der Waals surface area contributed by atoms with Gasteiger partial charge in [0.1, 0.15) is 0 Å². The lowest BCUT2D eigenvalue weighted by Gasteiger charge is -2.17. The van der Waals surface area contributed by atoms with Gasteiger partial charge in [-0.15, -0.1) is 0 Å². The highest BCUT2D eigenvalue weighted by molar-refractivity contribution is 5.31. The van der Waals surface area contributed by atoms with E-state index in [0.717, 1.165) is 24.8 Å². The largest absolute Gasteiger partial charge is 0.299 e. The lowest BCUT2D eigenvalue weighted by atomic mass is 10.0. The van der Waals surface area contributed by atoms with Gasteiger partial charge in [0.05, 0.1) is 0 Å². The van der Waals surface area contributed by atoms with Crippen molar-refractivity contribution in [2.24, 2.45) is 11.8 Å². The van der Waals surface area contributed by atoms with Gasteiger partial charge < -0.3 is 0 Å². The van der Waals surface area contributed by atoms with Gasteiger partial charge in [-0.1, -0.05) is 39.0 Å². The summed E-state index contributed by atoms with van der Waals surface area (Å²) < 4.78 is 0. The summed E-state index contributed by atoms with van der Waals surface area (Å²) in [6.07, 6.45) is 1.14. The van der Waals surface area contributed by atoms with Crippen molar-refractivity contribution in [1.29, 1.82) is 0 Å². The fraction of sp³-hybridized carbons (Fsp3) is 0.625. The van der Waals surface area contributed by atoms with Crippen molar-refractivity contribution in [2.45, 2.75) is 40.7 Å². The molecule has 1 aliphatic heterocycles. The Bertz CT molecular complexity index is 373. The number of benzene rings is 1. The summed E-state index contributed by atoms with van der Waals surface area (Å²) in [5, 5.41) is 0. The molecule has 0 unspecified atom stereocenters. The van der Waals surface area contributed by atoms with Crippen LogP contribution in [0, 0.1) is 18.8 Å². The first-order valence-corrected chi connectivity index (χ1v) is 6.91. The van der Waals surface area contributed by atoms with Crippen molar-refractivity contribution in [3.63, 3.8) is 0 Å². The number of hydrogen-bond acceptors (Lipinski definition) is 1. The molecular weight excluding hydrogens is 206 g/mol. The van der Waals surface area contributed by atoms with E-state index >= 15 is 0 Å². The average Bonchev–Trinajstić information content (AvgIpc) is 2.61. The second-order valence-corrected chi connectivity index (χ2v) is 5.76. The first kappa shape index (κ1) is 12.6. The predicted octanol–water partition coefficient (Wildman–Crippen LogP) is 3.65. The molecule has 2 atom stereocenters. The molecule has 1 heteroatoms. The van der Waals surface area contributed by atoms with E-state index in [0.29, 0.717) is 0 Å². The second-order valence-electron chi connectivity index (χ2n) is 5.76. The molecule has 1 heterocycles. The lowest BCUT2D eigenvalue weighted by molar-refractivity contribution is 0.315. The first-order chi connectivity index (χ1) is 8.10. The van der Waals surface area contributed by atoms with Crippen molar-refractivity contribution in [2.75, 3.05) is 13.1 Å². The highest BCUT2D eigenvalue weighted by atomic mass is 15.1. The zero-order valence-corrected chi connectivity index (χ0v) is 11.7. The number of aryl methyl sites for hydroxylation is 2. The Morgan fingerprint density at radius 2 is 1.82 bits per heavy atom. The SMILES string of the molecule is CCc1ccc(CN2C[C@@H](C)[C@@H](C)C2)c(C)c1. The minimum Gasteiger partial charge on any atom is -0.299 e. The van der Waals surface area contributed by atoms with Crippen LogP contribution in [-0.4, -0.2) is 18.0 Å². The van der Waals surface area contributed by atoms with Crippen LogP contribution in [0.4, 0.5) is 0 Å². The normalized spacial score (nSPS) is 25.4. The number of hydrogen-bond donors (Lipinski definition) is 0. The van der Waals surface area contributed by atoms with E-state index < -0.39 is 0 Å². The molecule has 1 saturated heterocycles. The first-order valence-electron chi connectivity index (χ1n) is 6.91. The van der Waals surface area contributed by atoms with Crippen molar-refractivity contribution >= 4 is 0 Å². The molecule has 94 valence electrons. The van der Waals surface area contributed by atoms with Crippen LogP contribution in [0.25, 0.3) is 0 Å². The van der Waals surface area contributed by atoms with E-state index in [4.69, 9.17) is 0 Å². The molecule has 0 aromatic heterocycles. The van der Waals surface area contributed by atoms with Crippen LogP contribution >= 0.6 is 0 Å². The topological polar surface area (TPSA) is 3.24 Å². The van der Waals surface area contributed by atoms with E-state index in [1.807, 2.05) is 0 Å². The summed E-state index contributed by atoms with van der Waals surface area (Å²) in [4.78, 5) is 2.60. The molecule has 0 aliphatic carbocycles. The highest BCUT2D eigenvalue weighted by Gasteiger charge is 2.25. The maximum atomic E-state index is 2.60. The van der Waals surface area contributed by atoms with Crippen molar-refractivity contribution in [1.82, 2.24) is 4.90 Å². The maximum absolute atomic E-state index is 2.60. The number of nitrogens with zero attached hydrogens (tertiary/aromatic N) is 1. The van der Waals surface area contributed by atoms with Gasteiger partial charge in [-0.2, -0.15) is 0 Å². The molecular formula is C16H25N. The molecule has 2 rings (SSSR count). The Hall–Kier alpha value is -0.820. The average molecular weight is 231 g/mol. The molecule has 0 bridgehead atoms. The second kappa shape index (κ2) is 5.22. The summed E-state index contributed by atoms with van der Waals surface area (Å²) in [5.74, 6) is 1.70. The van der Waals surface area contributed by atoms with Crippen molar-refractivity contribution < 1.29 is 0 Å². The number of rotatable bonds is 3. The fourth-order valence-electron chi connectivity index (χ4n) is 2.77.